The van der Waals surface area contributed by atoms with E-state index in [0.717, 1.165) is 22.3 Å². The van der Waals surface area contributed by atoms with Gasteiger partial charge in [0.1, 0.15) is 0 Å². The van der Waals surface area contributed by atoms with E-state index < -0.39 is 11.5 Å². The van der Waals surface area contributed by atoms with E-state index in [1.54, 1.807) is 6.08 Å². The second-order valence-corrected chi connectivity index (χ2v) is 6.64. The van der Waals surface area contributed by atoms with Gasteiger partial charge in [0.2, 0.25) is 0 Å². The van der Waals surface area contributed by atoms with Crippen molar-refractivity contribution in [1.29, 1.82) is 0 Å². The minimum Gasteiger partial charge on any atom is -0.392 e. The van der Waals surface area contributed by atoms with E-state index in [1.807, 2.05) is 65.0 Å². The van der Waals surface area contributed by atoms with Crippen LogP contribution in [0, 0.1) is 5.41 Å². The lowest BCUT2D eigenvalue weighted by molar-refractivity contribution is -0.120. The molecule has 2 N–H and O–H groups in total. The molecule has 0 radical (unpaired) electrons. The lowest BCUT2D eigenvalue weighted by Crippen LogP contribution is -2.38. The van der Waals surface area contributed by atoms with Crippen molar-refractivity contribution in [3.63, 3.8) is 0 Å². The van der Waals surface area contributed by atoms with E-state index in [-0.39, 0.29) is 18.8 Å². The van der Waals surface area contributed by atoms with E-state index in [2.05, 4.69) is 0 Å². The largest absolute Gasteiger partial charge is 0.392 e. The Morgan fingerprint density at radius 1 is 1.26 bits per heavy atom. The van der Waals surface area contributed by atoms with Crippen molar-refractivity contribution in [1.82, 2.24) is 0 Å². The topological polar surface area (TPSA) is 57.5 Å². The van der Waals surface area contributed by atoms with Crippen LogP contribution in [0.25, 0.3) is 0 Å². The molecule has 0 saturated carbocycles. The van der Waals surface area contributed by atoms with Gasteiger partial charge in [0.05, 0.1) is 12.7 Å². The van der Waals surface area contributed by atoms with Crippen LogP contribution in [0.5, 0.6) is 0 Å². The first-order valence-corrected chi connectivity index (χ1v) is 7.93. The first-order chi connectivity index (χ1) is 10.7. The summed E-state index contributed by atoms with van der Waals surface area (Å²) in [5, 5.41) is 19.0. The molecule has 0 amide bonds. The molecule has 0 aromatic rings. The fraction of sp³-hybridized carbons (Fsp3) is 0.450. The highest BCUT2D eigenvalue weighted by Gasteiger charge is 2.38. The SMILES string of the molecule is CC(C=CC1=C(C)C(=O)CC(O)C1(C)C)=CC=CC(C)=CCO. The minimum atomic E-state index is -0.645. The molecule has 0 heterocycles. The number of carbonyl (C=O) groups excluding carboxylic acids is 1. The Hall–Kier alpha value is -1.71. The van der Waals surface area contributed by atoms with Crippen molar-refractivity contribution in [2.45, 2.75) is 47.1 Å². The van der Waals surface area contributed by atoms with Crippen molar-refractivity contribution >= 4 is 5.78 Å². The van der Waals surface area contributed by atoms with Gasteiger partial charge in [-0.15, -0.1) is 0 Å². The normalized spacial score (nSPS) is 23.4. The lowest BCUT2D eigenvalue weighted by Gasteiger charge is -2.36. The van der Waals surface area contributed by atoms with Gasteiger partial charge in [-0.05, 0) is 31.9 Å². The Morgan fingerprint density at radius 3 is 2.52 bits per heavy atom. The molecule has 3 nitrogen and oxygen atoms in total. The van der Waals surface area contributed by atoms with Gasteiger partial charge in [0, 0.05) is 11.8 Å². The van der Waals surface area contributed by atoms with Crippen LogP contribution in [0.15, 0.2) is 58.7 Å². The van der Waals surface area contributed by atoms with Crippen molar-refractivity contribution in [3.8, 4) is 0 Å². The van der Waals surface area contributed by atoms with Crippen LogP contribution in [0.3, 0.4) is 0 Å². The van der Waals surface area contributed by atoms with E-state index in [0.29, 0.717) is 0 Å². The Labute approximate surface area is 139 Å². The molecule has 3 heteroatoms. The second-order valence-electron chi connectivity index (χ2n) is 6.64. The summed E-state index contributed by atoms with van der Waals surface area (Å²) in [4.78, 5) is 12.0. The van der Waals surface area contributed by atoms with Crippen LogP contribution in [0.1, 0.15) is 41.0 Å². The second kappa shape index (κ2) is 8.23. The summed E-state index contributed by atoms with van der Waals surface area (Å²) in [6.45, 7) is 9.72. The zero-order chi connectivity index (χ0) is 17.6. The molecule has 126 valence electrons. The molecule has 0 aromatic carbocycles. The maximum atomic E-state index is 12.0. The molecule has 1 rings (SSSR count). The summed E-state index contributed by atoms with van der Waals surface area (Å²) in [5.41, 5.74) is 3.25. The molecule has 0 spiro atoms. The summed E-state index contributed by atoms with van der Waals surface area (Å²) in [5.74, 6) is 0.0165. The molecule has 0 aromatic heterocycles. The monoisotopic (exact) mass is 316 g/mol. The third-order valence-electron chi connectivity index (χ3n) is 4.37. The van der Waals surface area contributed by atoms with Crippen molar-refractivity contribution < 1.29 is 15.0 Å². The summed E-state index contributed by atoms with van der Waals surface area (Å²) in [7, 11) is 0. The average Bonchev–Trinajstić information content (AvgIpc) is 2.45. The number of rotatable bonds is 5. The third kappa shape index (κ3) is 5.15. The van der Waals surface area contributed by atoms with Crippen LogP contribution in [0.2, 0.25) is 0 Å². The van der Waals surface area contributed by atoms with Crippen molar-refractivity contribution in [3.05, 3.63) is 58.7 Å². The summed E-state index contributed by atoms with van der Waals surface area (Å²) in [6, 6.07) is 0. The van der Waals surface area contributed by atoms with Gasteiger partial charge in [-0.25, -0.2) is 0 Å². The minimum absolute atomic E-state index is 0.0165. The number of aliphatic hydroxyl groups is 2. The van der Waals surface area contributed by atoms with E-state index >= 15 is 0 Å². The Bertz CT molecular complexity index is 598. The van der Waals surface area contributed by atoms with Gasteiger partial charge >= 0.3 is 0 Å². The van der Waals surface area contributed by atoms with Crippen molar-refractivity contribution in [2.75, 3.05) is 6.61 Å². The van der Waals surface area contributed by atoms with Gasteiger partial charge in [-0.3, -0.25) is 4.79 Å². The molecule has 23 heavy (non-hydrogen) atoms. The standard InChI is InChI=1S/C20H28O3/c1-14(7-6-8-15(2)11-12-21)9-10-17-16(3)18(22)13-19(23)20(17,4)5/h6-11,19,21,23H,12-13H2,1-5H3. The number of allylic oxidation sites excluding steroid dienone is 8. The van der Waals surface area contributed by atoms with Gasteiger partial charge < -0.3 is 10.2 Å². The zero-order valence-corrected chi connectivity index (χ0v) is 14.8. The highest BCUT2D eigenvalue weighted by Crippen LogP contribution is 2.39. The molecule has 0 bridgehead atoms. The number of ketones is 1. The number of Topliss-reactive ketones (excluding diaryl/α,β-unsaturated/α-hetero) is 1. The van der Waals surface area contributed by atoms with Crippen LogP contribution >= 0.6 is 0 Å². The number of aliphatic hydroxyl groups excluding tert-OH is 2. The fourth-order valence-electron chi connectivity index (χ4n) is 2.57. The van der Waals surface area contributed by atoms with Crippen LogP contribution in [0.4, 0.5) is 0 Å². The van der Waals surface area contributed by atoms with Crippen LogP contribution in [-0.2, 0) is 4.79 Å². The quantitative estimate of drug-likeness (QED) is 0.761. The third-order valence-corrected chi connectivity index (χ3v) is 4.37. The van der Waals surface area contributed by atoms with Crippen molar-refractivity contribution in [2.24, 2.45) is 5.41 Å². The summed E-state index contributed by atoms with van der Waals surface area (Å²) < 4.78 is 0. The van der Waals surface area contributed by atoms with Crippen LogP contribution in [-0.4, -0.2) is 28.7 Å². The van der Waals surface area contributed by atoms with Gasteiger partial charge in [0.15, 0.2) is 5.78 Å². The Morgan fingerprint density at radius 2 is 1.91 bits per heavy atom. The summed E-state index contributed by atoms with van der Waals surface area (Å²) >= 11 is 0. The number of carbonyl (C=O) groups is 1. The van der Waals surface area contributed by atoms with E-state index in [1.165, 1.54) is 0 Å². The number of hydrogen-bond acceptors (Lipinski definition) is 3. The highest BCUT2D eigenvalue weighted by molar-refractivity contribution is 5.97. The lowest BCUT2D eigenvalue weighted by atomic mass is 9.70. The molecule has 1 atom stereocenters. The smallest absolute Gasteiger partial charge is 0.161 e. The molecule has 1 aliphatic carbocycles. The maximum absolute atomic E-state index is 12.0. The number of hydrogen-bond donors (Lipinski definition) is 2. The van der Waals surface area contributed by atoms with E-state index in [4.69, 9.17) is 5.11 Å². The first kappa shape index (κ1) is 19.3. The first-order valence-electron chi connectivity index (χ1n) is 7.93. The Kier molecular flexibility index (Phi) is 6.92. The molecule has 0 fully saturated rings. The molecular weight excluding hydrogens is 288 g/mol. The molecule has 1 unspecified atom stereocenters. The molecule has 1 aliphatic rings. The molecular formula is C20H28O3. The average molecular weight is 316 g/mol. The predicted octanol–water partition coefficient (Wildman–Crippen LogP) is 3.66. The Balaban J connectivity index is 2.96. The zero-order valence-electron chi connectivity index (χ0n) is 14.8. The van der Waals surface area contributed by atoms with E-state index in [9.17, 15) is 9.90 Å². The van der Waals surface area contributed by atoms with Crippen LogP contribution < -0.4 is 0 Å². The van der Waals surface area contributed by atoms with Gasteiger partial charge in [-0.1, -0.05) is 61.4 Å². The molecule has 0 aliphatic heterocycles. The van der Waals surface area contributed by atoms with Gasteiger partial charge in [-0.2, -0.15) is 0 Å². The predicted molar refractivity (Wildman–Crippen MR) is 95.0 cm³/mol. The van der Waals surface area contributed by atoms with Gasteiger partial charge in [0.25, 0.3) is 0 Å². The highest BCUT2D eigenvalue weighted by atomic mass is 16.3. The molecule has 0 saturated heterocycles. The maximum Gasteiger partial charge on any atom is 0.161 e. The fourth-order valence-corrected chi connectivity index (χ4v) is 2.57. The summed E-state index contributed by atoms with van der Waals surface area (Å²) in [6.07, 6.45) is 11.0.